The number of aryl methyl sites for hydroxylation is 8. The summed E-state index contributed by atoms with van der Waals surface area (Å²) in [6.07, 6.45) is 0. The molecule has 0 saturated heterocycles. The van der Waals surface area contributed by atoms with Gasteiger partial charge in [0.2, 0.25) is 0 Å². The molecular formula is C32H44N10. The topological polar surface area (TPSA) is 77.8 Å². The molecule has 0 aliphatic rings. The molecule has 0 aliphatic heterocycles. The van der Waals surface area contributed by atoms with E-state index in [1.807, 2.05) is 27.7 Å². The van der Waals surface area contributed by atoms with Crippen LogP contribution in [-0.2, 0) is 39.8 Å². The Labute approximate surface area is 249 Å². The van der Waals surface area contributed by atoms with E-state index in [0.717, 1.165) is 58.6 Å². The summed E-state index contributed by atoms with van der Waals surface area (Å²) in [6, 6.07) is 17.4. The highest BCUT2D eigenvalue weighted by Gasteiger charge is 2.16. The fraction of sp³-hybridized carbons (Fsp3) is 0.438. The molecule has 1 aromatic carbocycles. The first-order valence-electron chi connectivity index (χ1n) is 14.6. The zero-order chi connectivity index (χ0) is 30.0. The van der Waals surface area contributed by atoms with Crippen molar-refractivity contribution in [1.29, 1.82) is 0 Å². The Morgan fingerprint density at radius 3 is 0.976 bits per heavy atom. The fourth-order valence-corrected chi connectivity index (χ4v) is 5.66. The van der Waals surface area contributed by atoms with E-state index in [1.165, 1.54) is 11.1 Å². The largest absolute Gasteiger partial charge is 0.260 e. The maximum atomic E-state index is 4.74. The van der Waals surface area contributed by atoms with E-state index in [4.69, 9.17) is 20.4 Å². The van der Waals surface area contributed by atoms with Gasteiger partial charge in [0.15, 0.2) is 0 Å². The SMILES string of the molecule is Cc1cc(C)n(CN(Cc2cccc(CN(Cn3nc(C)cc3C)Cn3nc(C)cc3C)c2)Cn2nc(C)cc2C)n1. The van der Waals surface area contributed by atoms with Crippen molar-refractivity contribution >= 4 is 0 Å². The van der Waals surface area contributed by atoms with E-state index in [2.05, 4.69) is 105 Å². The summed E-state index contributed by atoms with van der Waals surface area (Å²) in [5.74, 6) is 0. The summed E-state index contributed by atoms with van der Waals surface area (Å²) in [4.78, 5) is 4.78. The first-order valence-corrected chi connectivity index (χ1v) is 14.6. The van der Waals surface area contributed by atoms with Gasteiger partial charge >= 0.3 is 0 Å². The average Bonchev–Trinajstić information content (AvgIpc) is 3.60. The molecule has 0 radical (unpaired) electrons. The summed E-state index contributed by atoms with van der Waals surface area (Å²) in [5, 5.41) is 18.9. The molecular weight excluding hydrogens is 524 g/mol. The standard InChI is InChI=1S/C32H44N10/c1-23-12-27(5)39(33-23)19-37(20-40-28(6)13-24(2)34-40)17-31-10-9-11-32(16-31)18-38(21-41-29(7)14-25(3)35-41)22-42-30(8)15-26(4)36-42/h9-16H,17-22H2,1-8H3. The molecule has 222 valence electrons. The maximum Gasteiger partial charge on any atom is 0.0949 e. The minimum absolute atomic E-state index is 0.685. The summed E-state index contributed by atoms with van der Waals surface area (Å²) in [5.41, 5.74) is 11.3. The fourth-order valence-electron chi connectivity index (χ4n) is 5.66. The molecule has 0 saturated carbocycles. The summed E-state index contributed by atoms with van der Waals surface area (Å²) in [6.45, 7) is 20.9. The van der Waals surface area contributed by atoms with Crippen LogP contribution in [0.5, 0.6) is 0 Å². The molecule has 5 aromatic rings. The van der Waals surface area contributed by atoms with E-state index in [9.17, 15) is 0 Å². The molecule has 0 bridgehead atoms. The molecule has 10 nitrogen and oxygen atoms in total. The zero-order valence-corrected chi connectivity index (χ0v) is 26.3. The van der Waals surface area contributed by atoms with E-state index in [-0.39, 0.29) is 0 Å². The lowest BCUT2D eigenvalue weighted by Gasteiger charge is -2.25. The molecule has 0 fully saturated rings. The van der Waals surface area contributed by atoms with E-state index in [0.29, 0.717) is 26.7 Å². The number of aromatic nitrogens is 8. The van der Waals surface area contributed by atoms with Crippen LogP contribution in [0.15, 0.2) is 48.5 Å². The normalized spacial score (nSPS) is 11.9. The molecule has 4 aromatic heterocycles. The van der Waals surface area contributed by atoms with E-state index in [1.54, 1.807) is 0 Å². The third-order valence-corrected chi connectivity index (χ3v) is 7.55. The van der Waals surface area contributed by atoms with Gasteiger partial charge in [-0.3, -0.25) is 28.5 Å². The van der Waals surface area contributed by atoms with Crippen LogP contribution in [0.25, 0.3) is 0 Å². The lowest BCUT2D eigenvalue weighted by atomic mass is 10.1. The second kappa shape index (κ2) is 12.5. The van der Waals surface area contributed by atoms with Crippen LogP contribution in [0.3, 0.4) is 0 Å². The molecule has 4 heterocycles. The second-order valence-corrected chi connectivity index (χ2v) is 11.8. The Kier molecular flexibility index (Phi) is 8.74. The maximum absolute atomic E-state index is 4.74. The lowest BCUT2D eigenvalue weighted by Crippen LogP contribution is -2.31. The van der Waals surface area contributed by atoms with Gasteiger partial charge in [-0.1, -0.05) is 24.3 Å². The van der Waals surface area contributed by atoms with Crippen molar-refractivity contribution in [1.82, 2.24) is 48.9 Å². The Bertz CT molecular complexity index is 1440. The van der Waals surface area contributed by atoms with Gasteiger partial charge in [0.05, 0.1) is 49.5 Å². The molecule has 42 heavy (non-hydrogen) atoms. The monoisotopic (exact) mass is 568 g/mol. The predicted octanol–water partition coefficient (Wildman–Crippen LogP) is 5.17. The minimum atomic E-state index is 0.685. The molecule has 10 heteroatoms. The number of hydrogen-bond acceptors (Lipinski definition) is 6. The van der Waals surface area contributed by atoms with Gasteiger partial charge in [-0.05, 0) is 90.8 Å². The summed E-state index contributed by atoms with van der Waals surface area (Å²) < 4.78 is 8.32. The first kappa shape index (κ1) is 29.5. The molecule has 0 amide bonds. The predicted molar refractivity (Wildman–Crippen MR) is 164 cm³/mol. The van der Waals surface area contributed by atoms with Gasteiger partial charge in [0.1, 0.15) is 0 Å². The average molecular weight is 569 g/mol. The van der Waals surface area contributed by atoms with Gasteiger partial charge in [-0.2, -0.15) is 20.4 Å². The highest BCUT2D eigenvalue weighted by molar-refractivity contribution is 5.23. The quantitative estimate of drug-likeness (QED) is 0.207. The molecule has 0 atom stereocenters. The Morgan fingerprint density at radius 2 is 0.738 bits per heavy atom. The minimum Gasteiger partial charge on any atom is -0.260 e. The van der Waals surface area contributed by atoms with Crippen molar-refractivity contribution in [2.24, 2.45) is 0 Å². The molecule has 0 spiro atoms. The highest BCUT2D eigenvalue weighted by atomic mass is 15.5. The van der Waals surface area contributed by atoms with Crippen molar-refractivity contribution in [2.45, 2.75) is 95.2 Å². The van der Waals surface area contributed by atoms with Crippen LogP contribution in [0.2, 0.25) is 0 Å². The number of nitrogens with zero attached hydrogens (tertiary/aromatic N) is 10. The molecule has 0 aliphatic carbocycles. The number of rotatable bonds is 12. The smallest absolute Gasteiger partial charge is 0.0949 e. The molecule has 5 rings (SSSR count). The number of hydrogen-bond donors (Lipinski definition) is 0. The van der Waals surface area contributed by atoms with Crippen molar-refractivity contribution in [2.75, 3.05) is 0 Å². The van der Waals surface area contributed by atoms with Crippen LogP contribution in [-0.4, -0.2) is 48.9 Å². The van der Waals surface area contributed by atoms with E-state index < -0.39 is 0 Å². The molecule has 0 N–H and O–H groups in total. The van der Waals surface area contributed by atoms with Gasteiger partial charge in [-0.25, -0.2) is 0 Å². The molecule has 0 unspecified atom stereocenters. The van der Waals surface area contributed by atoms with Gasteiger partial charge in [0, 0.05) is 35.9 Å². The third kappa shape index (κ3) is 7.24. The lowest BCUT2D eigenvalue weighted by molar-refractivity contribution is 0.138. The van der Waals surface area contributed by atoms with Crippen LogP contribution in [0.1, 0.15) is 56.7 Å². The second-order valence-electron chi connectivity index (χ2n) is 11.8. The van der Waals surface area contributed by atoms with Crippen LogP contribution in [0, 0.1) is 55.4 Å². The van der Waals surface area contributed by atoms with Crippen molar-refractivity contribution < 1.29 is 0 Å². The Balaban J connectivity index is 1.38. The Morgan fingerprint density at radius 1 is 0.452 bits per heavy atom. The summed E-state index contributed by atoms with van der Waals surface area (Å²) in [7, 11) is 0. The van der Waals surface area contributed by atoms with Crippen LogP contribution in [0.4, 0.5) is 0 Å². The first-order chi connectivity index (χ1) is 20.0. The van der Waals surface area contributed by atoms with Gasteiger partial charge < -0.3 is 0 Å². The van der Waals surface area contributed by atoms with Crippen LogP contribution < -0.4 is 0 Å². The highest BCUT2D eigenvalue weighted by Crippen LogP contribution is 2.16. The summed E-state index contributed by atoms with van der Waals surface area (Å²) >= 11 is 0. The van der Waals surface area contributed by atoms with Crippen molar-refractivity contribution in [3.05, 3.63) is 105 Å². The van der Waals surface area contributed by atoms with Gasteiger partial charge in [-0.15, -0.1) is 0 Å². The number of benzene rings is 1. The zero-order valence-electron chi connectivity index (χ0n) is 26.3. The van der Waals surface area contributed by atoms with Crippen molar-refractivity contribution in [3.8, 4) is 0 Å². The van der Waals surface area contributed by atoms with E-state index >= 15 is 0 Å². The van der Waals surface area contributed by atoms with Gasteiger partial charge in [0.25, 0.3) is 0 Å². The van der Waals surface area contributed by atoms with Crippen LogP contribution >= 0.6 is 0 Å². The Hall–Kier alpha value is -4.02. The van der Waals surface area contributed by atoms with Crippen molar-refractivity contribution in [3.63, 3.8) is 0 Å². The third-order valence-electron chi connectivity index (χ3n) is 7.55.